The molecule has 4 heterocycles. The summed E-state index contributed by atoms with van der Waals surface area (Å²) in [5.74, 6) is 0.512. The zero-order valence-electron chi connectivity index (χ0n) is 13.6. The maximum Gasteiger partial charge on any atom is 0.433 e. The Hall–Kier alpha value is -3.79. The first-order chi connectivity index (χ1) is 13.2. The zero-order chi connectivity index (χ0) is 18.6. The van der Waals surface area contributed by atoms with E-state index in [-0.39, 0.29) is 11.6 Å². The lowest BCUT2D eigenvalue weighted by molar-refractivity contribution is -0.402. The molecule has 0 aromatic carbocycles. The molecule has 0 saturated carbocycles. The molecular weight excluding hydrogens is 370 g/mol. The van der Waals surface area contributed by atoms with E-state index in [4.69, 9.17) is 8.83 Å². The van der Waals surface area contributed by atoms with Crippen molar-refractivity contribution in [1.82, 2.24) is 9.66 Å². The first-order valence-electron chi connectivity index (χ1n) is 7.68. The Kier molecular flexibility index (Phi) is 4.45. The highest BCUT2D eigenvalue weighted by Gasteiger charge is 2.12. The molecule has 0 bridgehead atoms. The molecule has 134 valence electrons. The number of hydrogen-bond acceptors (Lipinski definition) is 8. The van der Waals surface area contributed by atoms with Gasteiger partial charge < -0.3 is 8.83 Å². The molecule has 4 aromatic heterocycles. The third kappa shape index (κ3) is 3.60. The second-order valence-electron chi connectivity index (χ2n) is 5.19. The molecule has 4 rings (SSSR count). The van der Waals surface area contributed by atoms with Gasteiger partial charge in [0.05, 0.1) is 30.4 Å². The van der Waals surface area contributed by atoms with Crippen LogP contribution >= 0.6 is 11.3 Å². The zero-order valence-corrected chi connectivity index (χ0v) is 14.4. The molecule has 0 atom stereocenters. The summed E-state index contributed by atoms with van der Waals surface area (Å²) in [5.41, 5.74) is 1.35. The summed E-state index contributed by atoms with van der Waals surface area (Å²) in [5, 5.41) is 17.0. The quantitative estimate of drug-likeness (QED) is 0.296. The normalized spacial score (nSPS) is 12.1. The summed E-state index contributed by atoms with van der Waals surface area (Å²) < 4.78 is 12.1. The molecule has 0 radical (unpaired) electrons. The van der Waals surface area contributed by atoms with Gasteiger partial charge in [0.1, 0.15) is 10.6 Å². The molecule has 0 aliphatic heterocycles. The van der Waals surface area contributed by atoms with Gasteiger partial charge in [-0.2, -0.15) is 5.10 Å². The SMILES string of the molecule is O=[N+]([O-])c1ccc(C=Nn2c(-c3ccco3)csc2=Nc2cccnc2)o1. The summed E-state index contributed by atoms with van der Waals surface area (Å²) in [6.45, 7) is 0. The van der Waals surface area contributed by atoms with E-state index in [2.05, 4.69) is 15.1 Å². The van der Waals surface area contributed by atoms with Crippen LogP contribution in [0.15, 0.2) is 79.4 Å². The van der Waals surface area contributed by atoms with E-state index >= 15 is 0 Å². The molecule has 0 spiro atoms. The average molecular weight is 381 g/mol. The monoisotopic (exact) mass is 381 g/mol. The molecule has 0 amide bonds. The average Bonchev–Trinajstić information content (AvgIpc) is 3.42. The Bertz CT molecular complexity index is 1160. The van der Waals surface area contributed by atoms with Crippen LogP contribution in [0.3, 0.4) is 0 Å². The van der Waals surface area contributed by atoms with Crippen LogP contribution in [-0.2, 0) is 0 Å². The Balaban J connectivity index is 1.78. The van der Waals surface area contributed by atoms with Crippen molar-refractivity contribution in [2.24, 2.45) is 10.1 Å². The van der Waals surface area contributed by atoms with Crippen LogP contribution < -0.4 is 4.80 Å². The summed E-state index contributed by atoms with van der Waals surface area (Å²) >= 11 is 1.37. The highest BCUT2D eigenvalue weighted by atomic mass is 32.1. The van der Waals surface area contributed by atoms with Crippen molar-refractivity contribution in [1.29, 1.82) is 0 Å². The molecule has 27 heavy (non-hydrogen) atoms. The maximum atomic E-state index is 10.7. The lowest BCUT2D eigenvalue weighted by Gasteiger charge is -1.99. The van der Waals surface area contributed by atoms with Gasteiger partial charge in [0.2, 0.25) is 4.80 Å². The van der Waals surface area contributed by atoms with E-state index in [1.807, 2.05) is 11.4 Å². The Labute approximate surface area is 155 Å². The van der Waals surface area contributed by atoms with Gasteiger partial charge in [0.25, 0.3) is 0 Å². The smallest absolute Gasteiger partial charge is 0.433 e. The number of hydrogen-bond donors (Lipinski definition) is 0. The van der Waals surface area contributed by atoms with Crippen molar-refractivity contribution < 1.29 is 13.8 Å². The maximum absolute atomic E-state index is 10.7. The second kappa shape index (κ2) is 7.22. The lowest BCUT2D eigenvalue weighted by Crippen LogP contribution is -2.11. The van der Waals surface area contributed by atoms with Crippen molar-refractivity contribution >= 4 is 29.1 Å². The van der Waals surface area contributed by atoms with Crippen molar-refractivity contribution in [3.05, 3.63) is 81.1 Å². The lowest BCUT2D eigenvalue weighted by atomic mass is 10.4. The number of aromatic nitrogens is 2. The van der Waals surface area contributed by atoms with Gasteiger partial charge in [0, 0.05) is 11.6 Å². The Morgan fingerprint density at radius 1 is 1.26 bits per heavy atom. The van der Waals surface area contributed by atoms with E-state index in [0.29, 0.717) is 21.9 Å². The number of furan rings is 2. The highest BCUT2D eigenvalue weighted by molar-refractivity contribution is 7.07. The Morgan fingerprint density at radius 2 is 2.19 bits per heavy atom. The minimum absolute atomic E-state index is 0.248. The molecule has 9 nitrogen and oxygen atoms in total. The minimum Gasteiger partial charge on any atom is -0.463 e. The Morgan fingerprint density at radius 3 is 2.89 bits per heavy atom. The summed E-state index contributed by atoms with van der Waals surface area (Å²) in [6.07, 6.45) is 6.25. The van der Waals surface area contributed by atoms with Gasteiger partial charge in [-0.15, -0.1) is 11.3 Å². The molecule has 0 saturated heterocycles. The fourth-order valence-corrected chi connectivity index (χ4v) is 3.07. The first-order valence-corrected chi connectivity index (χ1v) is 8.56. The molecule has 0 aliphatic rings. The molecular formula is C17H11N5O4S. The third-order valence-electron chi connectivity index (χ3n) is 3.42. The van der Waals surface area contributed by atoms with Crippen LogP contribution in [0.5, 0.6) is 0 Å². The van der Waals surface area contributed by atoms with Gasteiger partial charge in [-0.25, -0.2) is 9.67 Å². The predicted octanol–water partition coefficient (Wildman–Crippen LogP) is 3.82. The van der Waals surface area contributed by atoms with Crippen LogP contribution in [0.4, 0.5) is 11.6 Å². The largest absolute Gasteiger partial charge is 0.463 e. The van der Waals surface area contributed by atoms with Gasteiger partial charge in [-0.1, -0.05) is 0 Å². The summed E-state index contributed by atoms with van der Waals surface area (Å²) in [4.78, 5) is 19.3. The van der Waals surface area contributed by atoms with Gasteiger partial charge in [-0.05, 0) is 30.3 Å². The molecule has 0 N–H and O–H groups in total. The molecule has 0 unspecified atom stereocenters. The van der Waals surface area contributed by atoms with Crippen molar-refractivity contribution in [3.8, 4) is 11.5 Å². The van der Waals surface area contributed by atoms with E-state index < -0.39 is 4.92 Å². The van der Waals surface area contributed by atoms with Crippen molar-refractivity contribution in [2.75, 3.05) is 0 Å². The summed E-state index contributed by atoms with van der Waals surface area (Å²) in [7, 11) is 0. The van der Waals surface area contributed by atoms with Gasteiger partial charge in [0.15, 0.2) is 11.5 Å². The second-order valence-corrected chi connectivity index (χ2v) is 6.03. The predicted molar refractivity (Wildman–Crippen MR) is 97.8 cm³/mol. The highest BCUT2D eigenvalue weighted by Crippen LogP contribution is 2.21. The number of thiazole rings is 1. The summed E-state index contributed by atoms with van der Waals surface area (Å²) in [6, 6.07) is 9.93. The van der Waals surface area contributed by atoms with E-state index in [0.717, 1.165) is 0 Å². The van der Waals surface area contributed by atoms with Crippen LogP contribution in [0.1, 0.15) is 5.76 Å². The number of nitro groups is 1. The molecule has 4 aromatic rings. The fraction of sp³-hybridized carbons (Fsp3) is 0. The topological polar surface area (TPSA) is 112 Å². The fourth-order valence-electron chi connectivity index (χ4n) is 2.24. The number of pyridine rings is 1. The van der Waals surface area contributed by atoms with Crippen LogP contribution in [0, 0.1) is 10.1 Å². The minimum atomic E-state index is -0.605. The first kappa shape index (κ1) is 16.7. The molecule has 0 aliphatic carbocycles. The van der Waals surface area contributed by atoms with E-state index in [1.54, 1.807) is 41.5 Å². The number of rotatable bonds is 5. The van der Waals surface area contributed by atoms with Crippen molar-refractivity contribution in [3.63, 3.8) is 0 Å². The van der Waals surface area contributed by atoms with Crippen molar-refractivity contribution in [2.45, 2.75) is 0 Å². The standard InChI is InChI=1S/C17H11N5O4S/c23-22(24)16-6-5-13(26-16)10-19-21-14(15-4-2-8-25-15)11-27-17(21)20-12-3-1-7-18-9-12/h1-11H. The van der Waals surface area contributed by atoms with Crippen LogP contribution in [-0.4, -0.2) is 20.8 Å². The van der Waals surface area contributed by atoms with E-state index in [1.165, 1.54) is 29.7 Å². The van der Waals surface area contributed by atoms with E-state index in [9.17, 15) is 10.1 Å². The van der Waals surface area contributed by atoms with Crippen LogP contribution in [0.25, 0.3) is 11.5 Å². The van der Waals surface area contributed by atoms with Gasteiger partial charge >= 0.3 is 5.88 Å². The molecule has 0 fully saturated rings. The van der Waals surface area contributed by atoms with Crippen LogP contribution in [0.2, 0.25) is 0 Å². The molecule has 10 heteroatoms. The third-order valence-corrected chi connectivity index (χ3v) is 4.24. The van der Waals surface area contributed by atoms with Gasteiger partial charge in [-0.3, -0.25) is 15.1 Å². The number of nitrogens with zero attached hydrogens (tertiary/aromatic N) is 5.